The number of hydrogen-bond acceptors (Lipinski definition) is 3. The molecular formula is C15H16ClF2NOS. The number of halogens is 3. The molecule has 21 heavy (non-hydrogen) atoms. The van der Waals surface area contributed by atoms with E-state index in [4.69, 9.17) is 16.3 Å². The zero-order valence-corrected chi connectivity index (χ0v) is 13.3. The second kappa shape index (κ2) is 7.20. The first-order valence-corrected chi connectivity index (χ1v) is 7.77. The Labute approximate surface area is 131 Å². The van der Waals surface area contributed by atoms with E-state index in [1.165, 1.54) is 30.6 Å². The first kappa shape index (κ1) is 16.2. The molecule has 1 aromatic heterocycles. The van der Waals surface area contributed by atoms with Gasteiger partial charge in [-0.05, 0) is 25.1 Å². The van der Waals surface area contributed by atoms with Crippen LogP contribution in [-0.2, 0) is 0 Å². The van der Waals surface area contributed by atoms with Gasteiger partial charge in [-0.3, -0.25) is 0 Å². The summed E-state index contributed by atoms with van der Waals surface area (Å²) in [6.45, 7) is 2.64. The van der Waals surface area contributed by atoms with Crippen LogP contribution in [0.3, 0.4) is 0 Å². The predicted molar refractivity (Wildman–Crippen MR) is 82.4 cm³/mol. The van der Waals surface area contributed by atoms with Crippen LogP contribution in [0.25, 0.3) is 0 Å². The summed E-state index contributed by atoms with van der Waals surface area (Å²) in [5.74, 6) is -1.11. The van der Waals surface area contributed by atoms with E-state index in [0.717, 1.165) is 11.3 Å². The second-order valence-corrected chi connectivity index (χ2v) is 6.28. The molecule has 1 heterocycles. The Morgan fingerprint density at radius 1 is 1.29 bits per heavy atom. The third-order valence-corrected chi connectivity index (χ3v) is 4.35. The molecule has 6 heteroatoms. The molecule has 0 spiro atoms. The molecule has 0 fully saturated rings. The lowest BCUT2D eigenvalue weighted by Crippen LogP contribution is -2.24. The van der Waals surface area contributed by atoms with Crippen molar-refractivity contribution in [3.05, 3.63) is 50.7 Å². The lowest BCUT2D eigenvalue weighted by molar-refractivity contribution is 0.403. The molecular weight excluding hydrogens is 316 g/mol. The minimum Gasteiger partial charge on any atom is -0.497 e. The first-order valence-electron chi connectivity index (χ1n) is 6.58. The summed E-state index contributed by atoms with van der Waals surface area (Å²) >= 11 is 7.24. The molecule has 1 atom stereocenters. The zero-order valence-electron chi connectivity index (χ0n) is 11.8. The lowest BCUT2D eigenvalue weighted by atomic mass is 10.0. The van der Waals surface area contributed by atoms with Gasteiger partial charge >= 0.3 is 0 Å². The summed E-state index contributed by atoms with van der Waals surface area (Å²) in [7, 11) is 1.37. The van der Waals surface area contributed by atoms with Crippen molar-refractivity contribution in [1.82, 2.24) is 5.32 Å². The maximum atomic E-state index is 14.3. The number of nitrogens with one attached hydrogen (secondary N) is 1. The van der Waals surface area contributed by atoms with Crippen LogP contribution in [0, 0.1) is 11.6 Å². The average molecular weight is 332 g/mol. The van der Waals surface area contributed by atoms with E-state index in [1.807, 2.05) is 6.92 Å². The van der Waals surface area contributed by atoms with E-state index < -0.39 is 17.7 Å². The minimum atomic E-state index is -0.634. The summed E-state index contributed by atoms with van der Waals surface area (Å²) in [5.41, 5.74) is -0.0113. The summed E-state index contributed by atoms with van der Waals surface area (Å²) in [6, 6.07) is 5.32. The van der Waals surface area contributed by atoms with Crippen molar-refractivity contribution in [2.45, 2.75) is 19.4 Å². The Balaban J connectivity index is 2.46. The molecule has 0 bridgehead atoms. The third kappa shape index (κ3) is 3.73. The Morgan fingerprint density at radius 2 is 1.95 bits per heavy atom. The van der Waals surface area contributed by atoms with Gasteiger partial charge in [-0.2, -0.15) is 0 Å². The van der Waals surface area contributed by atoms with E-state index >= 15 is 0 Å². The molecule has 1 N–H and O–H groups in total. The van der Waals surface area contributed by atoms with Crippen molar-refractivity contribution in [1.29, 1.82) is 0 Å². The highest BCUT2D eigenvalue weighted by molar-refractivity contribution is 7.16. The molecule has 0 aliphatic carbocycles. The molecule has 1 unspecified atom stereocenters. The van der Waals surface area contributed by atoms with Gasteiger partial charge in [0.05, 0.1) is 17.5 Å². The van der Waals surface area contributed by atoms with Crippen LogP contribution < -0.4 is 10.1 Å². The van der Waals surface area contributed by atoms with Crippen LogP contribution in [-0.4, -0.2) is 13.7 Å². The predicted octanol–water partition coefficient (Wildman–Crippen LogP) is 4.78. The number of ether oxygens (including phenoxy) is 1. The lowest BCUT2D eigenvalue weighted by Gasteiger charge is -2.19. The van der Waals surface area contributed by atoms with Gasteiger partial charge in [-0.15, -0.1) is 11.3 Å². The van der Waals surface area contributed by atoms with Gasteiger partial charge in [-0.25, -0.2) is 8.78 Å². The number of methoxy groups -OCH3 is 1. The monoisotopic (exact) mass is 331 g/mol. The molecule has 0 aliphatic heterocycles. The van der Waals surface area contributed by atoms with Crippen LogP contribution in [0.2, 0.25) is 4.34 Å². The van der Waals surface area contributed by atoms with Crippen molar-refractivity contribution < 1.29 is 13.5 Å². The van der Waals surface area contributed by atoms with E-state index in [0.29, 0.717) is 10.9 Å². The molecule has 2 rings (SSSR count). The standard InChI is InChI=1S/C15H16ClF2NOS/c1-3-6-19-15(12-4-5-13(16)21-12)14-10(17)7-9(20-2)8-11(14)18/h4-5,7-8,15,19H,3,6H2,1-2H3. The van der Waals surface area contributed by atoms with Gasteiger partial charge in [0.1, 0.15) is 17.4 Å². The normalized spacial score (nSPS) is 12.4. The Morgan fingerprint density at radius 3 is 2.43 bits per heavy atom. The summed E-state index contributed by atoms with van der Waals surface area (Å²) in [5, 5.41) is 3.17. The summed E-state index contributed by atoms with van der Waals surface area (Å²) in [6.07, 6.45) is 0.856. The van der Waals surface area contributed by atoms with Crippen molar-refractivity contribution >= 4 is 22.9 Å². The molecule has 0 amide bonds. The minimum absolute atomic E-state index is 0.0113. The Hall–Kier alpha value is -1.17. The van der Waals surface area contributed by atoms with Crippen LogP contribution in [0.1, 0.15) is 29.8 Å². The topological polar surface area (TPSA) is 21.3 Å². The summed E-state index contributed by atoms with van der Waals surface area (Å²) in [4.78, 5) is 0.774. The SMILES string of the molecule is CCCNC(c1ccc(Cl)s1)c1c(F)cc(OC)cc1F. The molecule has 114 valence electrons. The third-order valence-electron chi connectivity index (χ3n) is 3.05. The van der Waals surface area contributed by atoms with E-state index in [2.05, 4.69) is 5.32 Å². The highest BCUT2D eigenvalue weighted by Gasteiger charge is 2.24. The Kier molecular flexibility index (Phi) is 5.56. The maximum absolute atomic E-state index is 14.3. The molecule has 1 aromatic carbocycles. The zero-order chi connectivity index (χ0) is 15.4. The Bertz CT molecular complexity index is 594. The number of rotatable bonds is 6. The highest BCUT2D eigenvalue weighted by Crippen LogP contribution is 2.34. The fourth-order valence-corrected chi connectivity index (χ4v) is 3.22. The number of thiophene rings is 1. The van der Waals surface area contributed by atoms with Crippen molar-refractivity contribution in [3.8, 4) is 5.75 Å². The van der Waals surface area contributed by atoms with Gasteiger partial charge in [0, 0.05) is 22.6 Å². The van der Waals surface area contributed by atoms with Crippen molar-refractivity contribution in [3.63, 3.8) is 0 Å². The molecule has 0 radical (unpaired) electrons. The van der Waals surface area contributed by atoms with Crippen LogP contribution >= 0.6 is 22.9 Å². The fraction of sp³-hybridized carbons (Fsp3) is 0.333. The summed E-state index contributed by atoms with van der Waals surface area (Å²) < 4.78 is 34.0. The first-order chi connectivity index (χ1) is 10.1. The molecule has 0 aliphatic rings. The average Bonchev–Trinajstić information content (AvgIpc) is 2.87. The van der Waals surface area contributed by atoms with Gasteiger partial charge in [-0.1, -0.05) is 18.5 Å². The van der Waals surface area contributed by atoms with Gasteiger partial charge in [0.25, 0.3) is 0 Å². The van der Waals surface area contributed by atoms with Crippen molar-refractivity contribution in [2.75, 3.05) is 13.7 Å². The largest absolute Gasteiger partial charge is 0.497 e. The van der Waals surface area contributed by atoms with Crippen LogP contribution in [0.15, 0.2) is 24.3 Å². The van der Waals surface area contributed by atoms with Crippen LogP contribution in [0.4, 0.5) is 8.78 Å². The van der Waals surface area contributed by atoms with E-state index in [-0.39, 0.29) is 11.3 Å². The van der Waals surface area contributed by atoms with E-state index in [9.17, 15) is 8.78 Å². The quantitative estimate of drug-likeness (QED) is 0.822. The molecule has 2 nitrogen and oxygen atoms in total. The van der Waals surface area contributed by atoms with Gasteiger partial charge < -0.3 is 10.1 Å². The number of benzene rings is 1. The molecule has 2 aromatic rings. The van der Waals surface area contributed by atoms with Gasteiger partial charge in [0.15, 0.2) is 0 Å². The molecule has 0 saturated carbocycles. The maximum Gasteiger partial charge on any atom is 0.134 e. The van der Waals surface area contributed by atoms with Gasteiger partial charge in [0.2, 0.25) is 0 Å². The number of hydrogen-bond donors (Lipinski definition) is 1. The highest BCUT2D eigenvalue weighted by atomic mass is 35.5. The van der Waals surface area contributed by atoms with Crippen molar-refractivity contribution in [2.24, 2.45) is 0 Å². The fourth-order valence-electron chi connectivity index (χ4n) is 2.07. The van der Waals surface area contributed by atoms with Crippen LogP contribution in [0.5, 0.6) is 5.75 Å². The van der Waals surface area contributed by atoms with E-state index in [1.54, 1.807) is 12.1 Å². The molecule has 0 saturated heterocycles. The smallest absolute Gasteiger partial charge is 0.134 e. The second-order valence-electron chi connectivity index (χ2n) is 4.53.